The zero-order chi connectivity index (χ0) is 30.0. The number of ether oxygens (including phenoxy) is 2. The van der Waals surface area contributed by atoms with Crippen LogP contribution in [-0.4, -0.2) is 90.3 Å². The molecular formula is C30H39FN6O5. The van der Waals surface area contributed by atoms with Crippen molar-refractivity contribution in [2.45, 2.75) is 46.6 Å². The van der Waals surface area contributed by atoms with Crippen LogP contribution in [0.1, 0.15) is 36.8 Å². The van der Waals surface area contributed by atoms with E-state index < -0.39 is 11.9 Å². The second kappa shape index (κ2) is 12.2. The number of anilines is 1. The number of nitrogens with zero attached hydrogens (tertiary/aromatic N) is 5. The Morgan fingerprint density at radius 1 is 1.21 bits per heavy atom. The van der Waals surface area contributed by atoms with Crippen LogP contribution in [-0.2, 0) is 4.74 Å². The summed E-state index contributed by atoms with van der Waals surface area (Å²) < 4.78 is 31.7. The zero-order valence-corrected chi connectivity index (χ0v) is 24.9. The summed E-state index contributed by atoms with van der Waals surface area (Å²) in [4.78, 5) is 25.9. The number of hydrogen-bond acceptors (Lipinski definition) is 10. The standard InChI is InChI=1S/C30H39FN6O5/c1-6-40-29(39)36-11-9-30(10-12-36)16-37(17-30)28-18(2)26(25-19(3)35-42-20(25)4)33-27(34-28)23-13-22(7-8-24(23)31)41-15-21(38)14-32-5/h7-8,13,21,32,38H,6,9-12,14-17H2,1-5H3. The van der Waals surface area contributed by atoms with E-state index in [1.165, 1.54) is 12.1 Å². The van der Waals surface area contributed by atoms with Gasteiger partial charge in [-0.1, -0.05) is 5.16 Å². The molecule has 42 heavy (non-hydrogen) atoms. The van der Waals surface area contributed by atoms with E-state index in [2.05, 4.69) is 15.4 Å². The van der Waals surface area contributed by atoms with Gasteiger partial charge in [0.05, 0.1) is 29.1 Å². The van der Waals surface area contributed by atoms with Gasteiger partial charge in [0.2, 0.25) is 0 Å². The molecule has 1 atom stereocenters. The number of amides is 1. The summed E-state index contributed by atoms with van der Waals surface area (Å²) in [5.74, 6) is 1.49. The van der Waals surface area contributed by atoms with Crippen molar-refractivity contribution in [3.05, 3.63) is 41.0 Å². The minimum absolute atomic E-state index is 0.0553. The third kappa shape index (κ3) is 5.91. The normalized spacial score (nSPS) is 16.8. The monoisotopic (exact) mass is 582 g/mol. The average Bonchev–Trinajstić information content (AvgIpc) is 3.29. The molecule has 2 saturated heterocycles. The van der Waals surface area contributed by atoms with E-state index in [1.54, 1.807) is 18.0 Å². The summed E-state index contributed by atoms with van der Waals surface area (Å²) in [7, 11) is 1.74. The van der Waals surface area contributed by atoms with Gasteiger partial charge >= 0.3 is 6.09 Å². The molecule has 1 unspecified atom stereocenters. The number of rotatable bonds is 9. The number of aliphatic hydroxyl groups is 1. The Morgan fingerprint density at radius 3 is 2.60 bits per heavy atom. The Morgan fingerprint density at radius 2 is 1.95 bits per heavy atom. The van der Waals surface area contributed by atoms with E-state index in [1.807, 2.05) is 27.7 Å². The number of carbonyl (C=O) groups is 1. The van der Waals surface area contributed by atoms with Crippen LogP contribution in [0.15, 0.2) is 22.7 Å². The van der Waals surface area contributed by atoms with Crippen LogP contribution >= 0.6 is 0 Å². The number of carbonyl (C=O) groups excluding carboxylic acids is 1. The number of nitrogens with one attached hydrogen (secondary N) is 1. The van der Waals surface area contributed by atoms with E-state index in [9.17, 15) is 9.90 Å². The summed E-state index contributed by atoms with van der Waals surface area (Å²) in [6.45, 7) is 11.1. The Labute approximate surface area is 245 Å². The minimum Gasteiger partial charge on any atom is -0.491 e. The highest BCUT2D eigenvalue weighted by molar-refractivity contribution is 5.75. The molecule has 2 N–H and O–H groups in total. The fraction of sp³-hybridized carbons (Fsp3) is 0.533. The lowest BCUT2D eigenvalue weighted by Crippen LogP contribution is -2.61. The number of aliphatic hydroxyl groups excluding tert-OH is 1. The highest BCUT2D eigenvalue weighted by Gasteiger charge is 2.47. The quantitative estimate of drug-likeness (QED) is 0.384. The summed E-state index contributed by atoms with van der Waals surface area (Å²) >= 11 is 0. The lowest BCUT2D eigenvalue weighted by Gasteiger charge is -2.54. The van der Waals surface area contributed by atoms with E-state index in [-0.39, 0.29) is 29.5 Å². The van der Waals surface area contributed by atoms with Crippen LogP contribution in [0, 0.1) is 32.0 Å². The maximum atomic E-state index is 15.3. The van der Waals surface area contributed by atoms with Crippen LogP contribution < -0.4 is 15.0 Å². The highest BCUT2D eigenvalue weighted by Crippen LogP contribution is 2.45. The number of halogens is 1. The first-order valence-electron chi connectivity index (χ1n) is 14.4. The van der Waals surface area contributed by atoms with Crippen LogP contribution in [0.5, 0.6) is 5.75 Å². The first-order valence-corrected chi connectivity index (χ1v) is 14.4. The van der Waals surface area contributed by atoms with Crippen LogP contribution in [0.25, 0.3) is 22.6 Å². The van der Waals surface area contributed by atoms with Crippen molar-refractivity contribution in [2.75, 3.05) is 57.9 Å². The van der Waals surface area contributed by atoms with Crippen molar-refractivity contribution in [1.82, 2.24) is 25.3 Å². The van der Waals surface area contributed by atoms with E-state index in [4.69, 9.17) is 24.0 Å². The number of hydrogen-bond donors (Lipinski definition) is 2. The Kier molecular flexibility index (Phi) is 8.65. The molecule has 0 aliphatic carbocycles. The molecule has 2 fully saturated rings. The summed E-state index contributed by atoms with van der Waals surface area (Å²) in [6, 6.07) is 4.41. The molecule has 5 rings (SSSR count). The molecule has 2 aliphatic heterocycles. The molecule has 226 valence electrons. The predicted octanol–water partition coefficient (Wildman–Crippen LogP) is 3.88. The summed E-state index contributed by atoms with van der Waals surface area (Å²) in [6.07, 6.45) is 0.792. The second-order valence-electron chi connectivity index (χ2n) is 11.2. The smallest absolute Gasteiger partial charge is 0.409 e. The van der Waals surface area contributed by atoms with Crippen molar-refractivity contribution in [3.8, 4) is 28.4 Å². The van der Waals surface area contributed by atoms with E-state index >= 15 is 4.39 Å². The first-order chi connectivity index (χ1) is 20.1. The van der Waals surface area contributed by atoms with Crippen LogP contribution in [0.3, 0.4) is 0 Å². The fourth-order valence-corrected chi connectivity index (χ4v) is 5.86. The lowest BCUT2D eigenvalue weighted by atomic mass is 9.72. The van der Waals surface area contributed by atoms with Gasteiger partial charge in [0, 0.05) is 43.7 Å². The van der Waals surface area contributed by atoms with Crippen molar-refractivity contribution in [3.63, 3.8) is 0 Å². The number of likely N-dealkylation sites (N-methyl/N-ethyl adjacent to an activating group) is 1. The number of benzene rings is 1. The maximum Gasteiger partial charge on any atom is 0.409 e. The van der Waals surface area contributed by atoms with Crippen LogP contribution in [0.2, 0.25) is 0 Å². The molecule has 2 aliphatic rings. The molecular weight excluding hydrogens is 543 g/mol. The molecule has 11 nitrogen and oxygen atoms in total. The van der Waals surface area contributed by atoms with Gasteiger partial charge < -0.3 is 34.2 Å². The number of aromatic nitrogens is 3. The van der Waals surface area contributed by atoms with Crippen molar-refractivity contribution in [1.29, 1.82) is 0 Å². The molecule has 0 saturated carbocycles. The van der Waals surface area contributed by atoms with Gasteiger partial charge in [-0.2, -0.15) is 0 Å². The molecule has 1 spiro atoms. The number of likely N-dealkylation sites (tertiary alicyclic amines) is 1. The van der Waals surface area contributed by atoms with E-state index in [0.717, 1.165) is 42.9 Å². The van der Waals surface area contributed by atoms with Crippen LogP contribution in [0.4, 0.5) is 15.0 Å². The Bertz CT molecular complexity index is 1410. The molecule has 3 aromatic rings. The van der Waals surface area contributed by atoms with Crippen molar-refractivity contribution >= 4 is 11.9 Å². The highest BCUT2D eigenvalue weighted by atomic mass is 19.1. The van der Waals surface area contributed by atoms with Gasteiger partial charge in [-0.3, -0.25) is 0 Å². The number of aryl methyl sites for hydroxylation is 2. The second-order valence-corrected chi connectivity index (χ2v) is 11.2. The zero-order valence-electron chi connectivity index (χ0n) is 24.9. The van der Waals surface area contributed by atoms with Crippen molar-refractivity contribution < 1.29 is 28.3 Å². The van der Waals surface area contributed by atoms with Crippen molar-refractivity contribution in [2.24, 2.45) is 5.41 Å². The third-order valence-corrected chi connectivity index (χ3v) is 8.15. The predicted molar refractivity (Wildman–Crippen MR) is 155 cm³/mol. The molecule has 1 aromatic carbocycles. The largest absolute Gasteiger partial charge is 0.491 e. The molecule has 0 radical (unpaired) electrons. The summed E-state index contributed by atoms with van der Waals surface area (Å²) in [5.41, 5.74) is 3.22. The molecule has 12 heteroatoms. The molecule has 1 amide bonds. The Hall–Kier alpha value is -3.77. The van der Waals surface area contributed by atoms with Gasteiger partial charge in [-0.15, -0.1) is 0 Å². The lowest BCUT2D eigenvalue weighted by molar-refractivity contribution is 0.0549. The van der Waals surface area contributed by atoms with Gasteiger partial charge in [0.1, 0.15) is 35.9 Å². The first kappa shape index (κ1) is 29.7. The van der Waals surface area contributed by atoms with Gasteiger partial charge in [-0.25, -0.2) is 19.2 Å². The number of piperidine rings is 1. The fourth-order valence-electron chi connectivity index (χ4n) is 5.86. The SMILES string of the molecule is CCOC(=O)N1CCC2(CC1)CN(c1nc(-c3cc(OCC(O)CNC)ccc3F)nc(-c3c(C)noc3C)c1C)C2. The Balaban J connectivity index is 1.46. The van der Waals surface area contributed by atoms with E-state index in [0.29, 0.717) is 49.1 Å². The summed E-state index contributed by atoms with van der Waals surface area (Å²) in [5, 5.41) is 17.1. The average molecular weight is 583 g/mol. The molecule has 4 heterocycles. The minimum atomic E-state index is -0.709. The van der Waals surface area contributed by atoms with Gasteiger partial charge in [-0.05, 0) is 65.8 Å². The topological polar surface area (TPSA) is 126 Å². The maximum absolute atomic E-state index is 15.3. The molecule has 2 aromatic heterocycles. The third-order valence-electron chi connectivity index (χ3n) is 8.15. The van der Waals surface area contributed by atoms with Gasteiger partial charge in [0.25, 0.3) is 0 Å². The molecule has 0 bridgehead atoms. The van der Waals surface area contributed by atoms with Gasteiger partial charge in [0.15, 0.2) is 5.82 Å².